The predicted molar refractivity (Wildman–Crippen MR) is 424 cm³/mol. The molecule has 0 spiro atoms. The van der Waals surface area contributed by atoms with Crippen molar-refractivity contribution in [3.8, 4) is 56.1 Å². The van der Waals surface area contributed by atoms with Crippen LogP contribution in [0.3, 0.4) is 0 Å². The van der Waals surface area contributed by atoms with E-state index in [1.54, 1.807) is 0 Å². The van der Waals surface area contributed by atoms with Crippen molar-refractivity contribution in [3.63, 3.8) is 0 Å². The first-order valence-electron chi connectivity index (χ1n) is 34.2. The summed E-state index contributed by atoms with van der Waals surface area (Å²) in [6, 6.07) is 128. The molecule has 16 aromatic carbocycles. The van der Waals surface area contributed by atoms with Gasteiger partial charge >= 0.3 is 0 Å². The number of hydrogen-bond acceptors (Lipinski definition) is 2. The Balaban J connectivity index is 0.000000131. The Hall–Kier alpha value is -13.0. The van der Waals surface area contributed by atoms with E-state index in [0.29, 0.717) is 0 Å². The quantitative estimate of drug-likeness (QED) is 0.157. The first kappa shape index (κ1) is 56.2. The zero-order valence-electron chi connectivity index (χ0n) is 54.1. The highest BCUT2D eigenvalue weighted by Gasteiger charge is 2.23. The van der Waals surface area contributed by atoms with Crippen molar-refractivity contribution in [2.45, 2.75) is 0 Å². The van der Waals surface area contributed by atoms with Crippen LogP contribution in [0.25, 0.3) is 196 Å². The molecular formula is C94H58N4OS. The molecule has 0 saturated heterocycles. The smallest absolute Gasteiger partial charge is 0.136 e. The van der Waals surface area contributed by atoms with Crippen LogP contribution in [0.2, 0.25) is 0 Å². The molecule has 0 aliphatic rings. The molecule has 6 heterocycles. The molecule has 0 fully saturated rings. The molecule has 0 radical (unpaired) electrons. The third-order valence-electron chi connectivity index (χ3n) is 20.8. The van der Waals surface area contributed by atoms with E-state index in [2.05, 4.69) is 358 Å². The van der Waals surface area contributed by atoms with Crippen molar-refractivity contribution >= 4 is 151 Å². The van der Waals surface area contributed by atoms with Gasteiger partial charge in [-0.1, -0.05) is 224 Å². The number of furan rings is 1. The summed E-state index contributed by atoms with van der Waals surface area (Å²) in [7, 11) is 0. The summed E-state index contributed by atoms with van der Waals surface area (Å²) < 4.78 is 18.6. The number of nitrogens with zero attached hydrogens (tertiary/aromatic N) is 4. The lowest BCUT2D eigenvalue weighted by molar-refractivity contribution is 0.669. The average molecular weight is 1290 g/mol. The second kappa shape index (κ2) is 22.3. The number of benzene rings is 16. The molecular weight excluding hydrogens is 1230 g/mol. The van der Waals surface area contributed by atoms with Gasteiger partial charge in [0, 0.05) is 96.8 Å². The molecule has 0 atom stereocenters. The second-order valence-electron chi connectivity index (χ2n) is 26.3. The molecule has 5 nitrogen and oxygen atoms in total. The summed E-state index contributed by atoms with van der Waals surface area (Å²) >= 11 is 1.86. The van der Waals surface area contributed by atoms with Crippen molar-refractivity contribution < 1.29 is 4.42 Å². The summed E-state index contributed by atoms with van der Waals surface area (Å²) in [5.41, 5.74) is 23.3. The van der Waals surface area contributed by atoms with Gasteiger partial charge in [-0.15, -0.1) is 11.3 Å². The highest BCUT2D eigenvalue weighted by molar-refractivity contribution is 7.25. The molecule has 0 N–H and O–H groups in total. The van der Waals surface area contributed by atoms with Crippen molar-refractivity contribution in [1.29, 1.82) is 0 Å². The molecule has 22 aromatic rings. The van der Waals surface area contributed by atoms with Gasteiger partial charge in [-0.25, -0.2) is 0 Å². The Morgan fingerprint density at radius 3 is 1.25 bits per heavy atom. The van der Waals surface area contributed by atoms with Crippen LogP contribution in [-0.2, 0) is 0 Å². The summed E-state index contributed by atoms with van der Waals surface area (Å²) in [6.45, 7) is 0. The van der Waals surface area contributed by atoms with Gasteiger partial charge < -0.3 is 22.7 Å². The van der Waals surface area contributed by atoms with E-state index in [0.717, 1.165) is 44.7 Å². The molecule has 0 aliphatic carbocycles. The van der Waals surface area contributed by atoms with Gasteiger partial charge in [0.1, 0.15) is 11.2 Å². The maximum absolute atomic E-state index is 6.21. The highest BCUT2D eigenvalue weighted by atomic mass is 32.1. The lowest BCUT2D eigenvalue weighted by atomic mass is 9.99. The van der Waals surface area contributed by atoms with Crippen LogP contribution in [0.4, 0.5) is 0 Å². The van der Waals surface area contributed by atoms with Gasteiger partial charge in [-0.05, 0) is 172 Å². The average Bonchev–Trinajstić information content (AvgIpc) is 1.56. The third-order valence-corrected chi connectivity index (χ3v) is 22.0. The molecule has 22 rings (SSSR count). The number of hydrogen-bond donors (Lipinski definition) is 0. The van der Waals surface area contributed by atoms with Crippen LogP contribution in [0.5, 0.6) is 0 Å². The van der Waals surface area contributed by atoms with Crippen molar-refractivity contribution in [3.05, 3.63) is 352 Å². The maximum Gasteiger partial charge on any atom is 0.136 e. The molecule has 100 heavy (non-hydrogen) atoms. The fourth-order valence-corrected chi connectivity index (χ4v) is 17.4. The maximum atomic E-state index is 6.21. The molecule has 0 bridgehead atoms. The third kappa shape index (κ3) is 8.67. The SMILES string of the molecule is c1ccc(-c2ccc(-n3c4ccccc4c4cc5c6ccccc6n(-c6ccc(-c7ccc8sc9ccccc9c8c7)cc6)c5cc43)cc2)cc1.c1ccc(-n2c3cc4c(cc3c3c5ccccc5ccc32)c2ccccc2n4-c2ccc(-c3cccc4oc5ccccc5c34)cc2)cc1. The van der Waals surface area contributed by atoms with Crippen LogP contribution < -0.4 is 0 Å². The minimum Gasteiger partial charge on any atom is -0.456 e. The molecule has 0 aliphatic heterocycles. The normalized spacial score (nSPS) is 12.0. The minimum absolute atomic E-state index is 0.913. The van der Waals surface area contributed by atoms with Gasteiger partial charge in [0.2, 0.25) is 0 Å². The lowest BCUT2D eigenvalue weighted by Gasteiger charge is -2.11. The number of aromatic nitrogens is 4. The van der Waals surface area contributed by atoms with E-state index < -0.39 is 0 Å². The Morgan fingerprint density at radius 2 is 0.630 bits per heavy atom. The molecule has 0 amide bonds. The van der Waals surface area contributed by atoms with E-state index in [1.807, 2.05) is 23.5 Å². The van der Waals surface area contributed by atoms with Crippen LogP contribution in [0.15, 0.2) is 356 Å². The van der Waals surface area contributed by atoms with Gasteiger partial charge in [-0.2, -0.15) is 0 Å². The zero-order chi connectivity index (χ0) is 65.5. The fourth-order valence-electron chi connectivity index (χ4n) is 16.3. The summed E-state index contributed by atoms with van der Waals surface area (Å²) in [5, 5.41) is 17.6. The second-order valence-corrected chi connectivity index (χ2v) is 27.4. The highest BCUT2D eigenvalue weighted by Crippen LogP contribution is 2.45. The lowest BCUT2D eigenvalue weighted by Crippen LogP contribution is -1.96. The van der Waals surface area contributed by atoms with Crippen molar-refractivity contribution in [1.82, 2.24) is 18.3 Å². The van der Waals surface area contributed by atoms with Crippen molar-refractivity contribution in [2.24, 2.45) is 0 Å². The van der Waals surface area contributed by atoms with E-state index in [4.69, 9.17) is 4.42 Å². The summed E-state index contributed by atoms with van der Waals surface area (Å²) in [5.74, 6) is 0. The molecule has 0 unspecified atom stereocenters. The Morgan fingerprint density at radius 1 is 0.200 bits per heavy atom. The van der Waals surface area contributed by atoms with Gasteiger partial charge in [0.05, 0.1) is 44.1 Å². The topological polar surface area (TPSA) is 32.9 Å². The Kier molecular flexibility index (Phi) is 12.5. The zero-order valence-corrected chi connectivity index (χ0v) is 54.9. The van der Waals surface area contributed by atoms with Gasteiger partial charge in [0.25, 0.3) is 0 Å². The van der Waals surface area contributed by atoms with Crippen LogP contribution in [0.1, 0.15) is 0 Å². The first-order valence-corrected chi connectivity index (χ1v) is 35.0. The molecule has 6 heteroatoms. The number of para-hydroxylation sites is 5. The van der Waals surface area contributed by atoms with Crippen LogP contribution in [-0.4, -0.2) is 18.3 Å². The van der Waals surface area contributed by atoms with Gasteiger partial charge in [-0.3, -0.25) is 0 Å². The minimum atomic E-state index is 0.913. The largest absolute Gasteiger partial charge is 0.456 e. The Bertz CT molecular complexity index is 7040. The number of rotatable bonds is 7. The Labute approximate surface area is 578 Å². The van der Waals surface area contributed by atoms with E-state index in [-0.39, 0.29) is 0 Å². The van der Waals surface area contributed by atoms with Gasteiger partial charge in [0.15, 0.2) is 0 Å². The van der Waals surface area contributed by atoms with E-state index in [1.165, 1.54) is 152 Å². The summed E-state index contributed by atoms with van der Waals surface area (Å²) in [6.07, 6.45) is 0. The standard InChI is InChI=1S/C48H30N2S.C46H28N2O/c1-2-10-31(11-3-1)32-18-23-35(24-19-32)49-43-15-7-4-12-37(43)40-29-41-38-13-5-8-16-44(38)50(46(41)30-45(40)49)36-25-20-33(21-26-36)34-22-27-48-42(28-34)39-14-6-9-17-47(39)51-48;1-2-12-31(13-3-1)48-40-26-23-29-11-4-5-14-33(29)45(40)38-27-37-35-15-6-8-18-39(35)47(41(37)28-42(38)48)32-24-21-30(22-25-32)34-17-10-20-44-46(34)36-16-7-9-19-43(36)49-44/h1-30H;1-28H. The van der Waals surface area contributed by atoms with Crippen LogP contribution in [0, 0.1) is 0 Å². The van der Waals surface area contributed by atoms with Crippen molar-refractivity contribution in [2.75, 3.05) is 0 Å². The predicted octanol–water partition coefficient (Wildman–Crippen LogP) is 26.2. The summed E-state index contributed by atoms with van der Waals surface area (Å²) in [4.78, 5) is 0. The molecule has 466 valence electrons. The number of thiophene rings is 1. The monoisotopic (exact) mass is 1290 g/mol. The molecule has 0 saturated carbocycles. The fraction of sp³-hybridized carbons (Fsp3) is 0. The van der Waals surface area contributed by atoms with Crippen LogP contribution >= 0.6 is 11.3 Å². The molecule has 6 aromatic heterocycles. The number of fused-ring (bicyclic) bond motifs is 20. The van der Waals surface area contributed by atoms with E-state index in [9.17, 15) is 0 Å². The van der Waals surface area contributed by atoms with E-state index >= 15 is 0 Å². The first-order chi connectivity index (χ1) is 49.6.